The zero-order chi connectivity index (χ0) is 104. The van der Waals surface area contributed by atoms with Crippen LogP contribution in [0.1, 0.15) is 343 Å². The molecular formula is C123H179ClF3N17O5. The van der Waals surface area contributed by atoms with E-state index < -0.39 is 41.1 Å². The number of allylic oxidation sites excluding steroid dienone is 5. The Balaban J connectivity index is 0.000000105. The van der Waals surface area contributed by atoms with Crippen molar-refractivity contribution in [3.8, 4) is 23.1 Å². The summed E-state index contributed by atoms with van der Waals surface area (Å²) in [5.74, 6) is 31.7. The highest BCUT2D eigenvalue weighted by Crippen LogP contribution is 2.73. The molecule has 26 rings (SSSR count). The molecule has 0 aliphatic heterocycles. The van der Waals surface area contributed by atoms with Crippen molar-refractivity contribution in [2.24, 2.45) is 211 Å². The molecule has 0 bridgehead atoms. The van der Waals surface area contributed by atoms with Gasteiger partial charge in [-0.25, -0.2) is 13.2 Å². The van der Waals surface area contributed by atoms with E-state index in [1.165, 1.54) is 246 Å². The second kappa shape index (κ2) is 42.3. The number of fused-ring (bicyclic) bond motifs is 25. The highest BCUT2D eigenvalue weighted by Gasteiger charge is 2.66. The van der Waals surface area contributed by atoms with Crippen molar-refractivity contribution in [2.45, 2.75) is 410 Å². The molecule has 0 saturated heterocycles. The first-order chi connectivity index (χ1) is 71.5. The molecule has 5 aromatic heterocycles. The Labute approximate surface area is 891 Å². The number of nitrogens with zero attached hydrogens (tertiary/aromatic N) is 17. The van der Waals surface area contributed by atoms with Crippen molar-refractivity contribution in [3.05, 3.63) is 111 Å². The van der Waals surface area contributed by atoms with Crippen molar-refractivity contribution in [1.29, 1.82) is 0 Å². The van der Waals surface area contributed by atoms with E-state index in [-0.39, 0.29) is 17.8 Å². The van der Waals surface area contributed by atoms with Crippen LogP contribution < -0.4 is 0 Å². The number of aromatic nitrogens is 17. The van der Waals surface area contributed by atoms with Gasteiger partial charge in [0, 0.05) is 11.3 Å². The van der Waals surface area contributed by atoms with Gasteiger partial charge >= 0.3 is 0 Å². The highest BCUT2D eigenvalue weighted by atomic mass is 35.5. The van der Waals surface area contributed by atoms with Crippen LogP contribution in [0.15, 0.2) is 111 Å². The maximum atomic E-state index is 13.4. The molecule has 0 unspecified atom stereocenters. The van der Waals surface area contributed by atoms with Gasteiger partial charge in [0.2, 0.25) is 0 Å². The van der Waals surface area contributed by atoms with E-state index in [0.29, 0.717) is 143 Å². The number of hydrogen-bond acceptors (Lipinski definition) is 17. The SMILES string of the molecule is C=C(Cn1nccn1)[C@H]1CC[C@H]2[C@@H]3CC[C@@H]4C[C@@](O)(C#CC5CC5)CC[C@@H]4[C@H]3CC[C@]12C.C=C(Cn1nccn1)[C@H]1CC[C@H]2[C@@H]3CC[C@@H]4C[C@@](O)(C#CCl)CC[C@@H]4[C@H]3CC[C@]12C.C=C(Cn1nccn1)[C@H]1CC[C@H]2[C@@H]3CC[C@@H]4C[C@@](O)(C(F)F)CC[C@@H]4[C@H]3CC[C@]12C.C=C(Cn1ncnn1)[C@H]1CC[C@H]2[C@@H]3CC[C@@H]4C[C@@](O)(CF)CC[C@@H]4[C@H]3CC[C@]12C.C=C(Cn1ncnn1)[C@H]1CC[C@H]2[C@@H]3CC[C@@H]4C[C@](C)(O)CC[C@@H]4[C@H]3CC[C@]12C. The molecule has 5 aromatic rings. The number of hydrogen-bond donors (Lipinski definition) is 5. The molecule has 5 N–H and O–H groups in total. The summed E-state index contributed by atoms with van der Waals surface area (Å²) in [5.41, 5.74) is 3.48. The van der Waals surface area contributed by atoms with E-state index in [4.69, 9.17) is 11.6 Å². The fourth-order valence-corrected chi connectivity index (χ4v) is 42.3. The smallest absolute Gasteiger partial charge is 0.266 e. The number of rotatable bonds is 17. The molecule has 22 nitrogen and oxygen atoms in total. The molecule has 21 saturated carbocycles. The minimum absolute atomic E-state index is 0.271. The van der Waals surface area contributed by atoms with Gasteiger partial charge in [0.05, 0.1) is 81.1 Å². The molecular weight excluding hydrogens is 1890 g/mol. The third-order valence-electron chi connectivity index (χ3n) is 48.8. The standard InChI is InChI=1S/C28H39N3O.C25H34ClN3O.C24H35F2N3O.C23H35FN4O.C23H36N4O/c1-19(18-31-29-15-16-30-31)25-7-8-26-24-6-5-21-17-28(32,13-9-20-3-4-20)14-11-22(21)23(24)10-12-27(25,26)2;1-17(16-29-27-13-14-28-29)22-5-6-23-21-4-3-18-15-25(30,11-12-26)10-8-19(18)20(21)7-9-24(22,23)2;1-15(14-29-27-11-12-28-29)20-5-6-21-19-4-3-16-13-24(30,22(25)26)10-8-17(16)18(19)7-9-23(20,21)2;1-15(12-28-26-14-25-27-28)20-5-6-21-19-4-3-16-11-23(29,13-24)10-8-17(16)18(19)7-9-22(20,21)2;1-15(13-27-25-14-24-26-27)20-6-7-21-19-5-4-16-12-22(2,28)10-8-17(16)18(19)9-11-23(20,21)3/h15-16,20-26,32H,1,3-8,10-12,14,17-18H2,2H3;13-14,18-23,30H,1,3-10,15-16H2,2H3;11-12,16-22,30H,1,3-10,13-14H2,2H3;14,16-21,29H,1,3-13H2,2H3;14,16-21,28H,1,4-13H2,2-3H3/t21-,22+,23-,24-,25-,26+,27-,28-;18-,19+,20-,21-,22-,23+,24-,25+;16-,17+,18-,19-,20-,21+,23-,24-;2*16-,17+,18-,19-,20-,21+,22-,23-/m11111/s1. The van der Waals surface area contributed by atoms with Crippen LogP contribution in [0.3, 0.4) is 0 Å². The van der Waals surface area contributed by atoms with Crippen molar-refractivity contribution in [3.63, 3.8) is 0 Å². The van der Waals surface area contributed by atoms with Crippen LogP contribution in [-0.2, 0) is 32.7 Å². The lowest BCUT2D eigenvalue weighted by Crippen LogP contribution is -2.52. The third kappa shape index (κ3) is 20.5. The molecule has 814 valence electrons. The Hall–Kier alpha value is -6.74. The van der Waals surface area contributed by atoms with Gasteiger partial charge in [0.15, 0.2) is 12.7 Å². The monoisotopic (exact) mass is 2070 g/mol. The van der Waals surface area contributed by atoms with Crippen molar-refractivity contribution in [1.82, 2.24) is 85.4 Å². The Kier molecular flexibility index (Phi) is 30.2. The Morgan fingerprint density at radius 3 is 0.913 bits per heavy atom. The molecule has 5 heterocycles. The largest absolute Gasteiger partial charge is 0.390 e. The number of aliphatic hydroxyl groups is 5. The van der Waals surface area contributed by atoms with Gasteiger partial charge in [-0.15, -0.1) is 20.4 Å². The maximum absolute atomic E-state index is 13.4. The van der Waals surface area contributed by atoms with E-state index in [1.807, 2.05) is 0 Å². The van der Waals surface area contributed by atoms with Crippen LogP contribution in [0.2, 0.25) is 0 Å². The quantitative estimate of drug-likeness (QED) is 0.0427. The Bertz CT molecular complexity index is 5620. The van der Waals surface area contributed by atoms with Crippen LogP contribution in [0.5, 0.6) is 0 Å². The summed E-state index contributed by atoms with van der Waals surface area (Å²) in [5, 5.41) is 106. The van der Waals surface area contributed by atoms with E-state index in [9.17, 15) is 38.7 Å². The van der Waals surface area contributed by atoms with E-state index in [2.05, 4.69) is 159 Å². The normalized spacial score (nSPS) is 46.0. The number of alkyl halides is 3. The summed E-state index contributed by atoms with van der Waals surface area (Å²) in [6.45, 7) is 40.2. The topological polar surface area (TPSA) is 280 Å². The lowest BCUT2D eigenvalue weighted by molar-refractivity contribution is -0.159. The molecule has 21 aliphatic carbocycles. The summed E-state index contributed by atoms with van der Waals surface area (Å²) < 4.78 is 40.2. The summed E-state index contributed by atoms with van der Waals surface area (Å²) in [4.78, 5) is 8.66. The lowest BCUT2D eigenvalue weighted by Gasteiger charge is -2.57. The van der Waals surface area contributed by atoms with Crippen LogP contribution in [-0.4, -0.2) is 152 Å². The second-order valence-corrected chi connectivity index (χ2v) is 55.9. The van der Waals surface area contributed by atoms with Gasteiger partial charge < -0.3 is 25.5 Å². The van der Waals surface area contributed by atoms with Gasteiger partial charge in [-0.1, -0.05) is 113 Å². The van der Waals surface area contributed by atoms with Crippen LogP contribution >= 0.6 is 11.6 Å². The third-order valence-corrected chi connectivity index (χ3v) is 48.9. The Morgan fingerprint density at radius 1 is 0.315 bits per heavy atom. The van der Waals surface area contributed by atoms with Crippen LogP contribution in [0, 0.1) is 234 Å². The predicted molar refractivity (Wildman–Crippen MR) is 571 cm³/mol. The first-order valence-corrected chi connectivity index (χ1v) is 60.3. The summed E-state index contributed by atoms with van der Waals surface area (Å²) in [6, 6.07) is 0. The average Bonchev–Trinajstić information content (AvgIpc) is 1.65. The molecule has 21 fully saturated rings. The summed E-state index contributed by atoms with van der Waals surface area (Å²) in [7, 11) is 0. The van der Waals surface area contributed by atoms with Gasteiger partial charge in [-0.3, -0.25) is 0 Å². The molecule has 40 atom stereocenters. The van der Waals surface area contributed by atoms with Crippen molar-refractivity contribution in [2.75, 3.05) is 6.67 Å². The molecule has 0 amide bonds. The lowest BCUT2D eigenvalue weighted by atomic mass is 9.48. The van der Waals surface area contributed by atoms with Gasteiger partial charge in [0.25, 0.3) is 6.43 Å². The number of tetrazole rings is 2. The molecule has 21 aliphatic rings. The van der Waals surface area contributed by atoms with Crippen LogP contribution in [0.4, 0.5) is 13.2 Å². The molecule has 0 radical (unpaired) electrons. The van der Waals surface area contributed by atoms with Crippen LogP contribution in [0.25, 0.3) is 0 Å². The maximum Gasteiger partial charge on any atom is 0.266 e. The first-order valence-electron chi connectivity index (χ1n) is 59.9. The minimum atomic E-state index is -2.61. The number of halogens is 4. The fraction of sp³-hybridized carbons (Fsp3) is 0.821. The highest BCUT2D eigenvalue weighted by molar-refractivity contribution is 6.30. The van der Waals surface area contributed by atoms with Gasteiger partial charge in [-0.05, 0) is 535 Å². The Morgan fingerprint density at radius 2 is 0.604 bits per heavy atom. The second-order valence-electron chi connectivity index (χ2n) is 55.8. The van der Waals surface area contributed by atoms with Crippen molar-refractivity contribution < 1.29 is 38.7 Å². The zero-order valence-electron chi connectivity index (χ0n) is 91.0. The minimum Gasteiger partial charge on any atom is -0.390 e. The fourth-order valence-electron chi connectivity index (χ4n) is 42.1. The summed E-state index contributed by atoms with van der Waals surface area (Å²) in [6.07, 6.45) is 64.5. The molecule has 0 spiro atoms. The van der Waals surface area contributed by atoms with Gasteiger partial charge in [0.1, 0.15) is 23.5 Å². The van der Waals surface area contributed by atoms with Crippen molar-refractivity contribution >= 4 is 11.6 Å². The molecule has 0 aromatic carbocycles. The van der Waals surface area contributed by atoms with E-state index in [0.717, 1.165) is 178 Å². The van der Waals surface area contributed by atoms with E-state index in [1.54, 1.807) is 61.2 Å². The summed E-state index contributed by atoms with van der Waals surface area (Å²) >= 11 is 5.63. The molecule has 149 heavy (non-hydrogen) atoms. The van der Waals surface area contributed by atoms with E-state index >= 15 is 0 Å². The first kappa shape index (κ1) is 107. The zero-order valence-corrected chi connectivity index (χ0v) is 91.7. The van der Waals surface area contributed by atoms with Gasteiger partial charge in [-0.2, -0.15) is 54.6 Å². The average molecular weight is 2070 g/mol. The predicted octanol–water partition coefficient (Wildman–Crippen LogP) is 23.8. The molecule has 26 heteroatoms.